The van der Waals surface area contributed by atoms with Gasteiger partial charge in [-0.3, -0.25) is 14.5 Å². The maximum atomic E-state index is 13.3. The quantitative estimate of drug-likeness (QED) is 0.351. The van der Waals surface area contributed by atoms with Crippen molar-refractivity contribution >= 4 is 23.1 Å². The molecule has 1 amide bonds. The third kappa shape index (κ3) is 3.66. The molecule has 1 fully saturated rings. The summed E-state index contributed by atoms with van der Waals surface area (Å²) >= 11 is 0. The van der Waals surface area contributed by atoms with Gasteiger partial charge < -0.3 is 9.84 Å². The van der Waals surface area contributed by atoms with Crippen LogP contribution in [-0.4, -0.2) is 23.9 Å². The number of amides is 1. The van der Waals surface area contributed by atoms with E-state index in [9.17, 15) is 14.7 Å². The molecule has 1 saturated heterocycles. The van der Waals surface area contributed by atoms with Crippen molar-refractivity contribution < 1.29 is 19.4 Å². The van der Waals surface area contributed by atoms with Crippen molar-refractivity contribution in [3.63, 3.8) is 0 Å². The van der Waals surface area contributed by atoms with E-state index in [0.29, 0.717) is 22.6 Å². The van der Waals surface area contributed by atoms with E-state index in [0.717, 1.165) is 16.7 Å². The number of carbonyl (C=O) groups excluding carboxylic acids is 2. The largest absolute Gasteiger partial charge is 0.507 e. The molecule has 0 radical (unpaired) electrons. The van der Waals surface area contributed by atoms with Crippen LogP contribution in [0, 0.1) is 20.8 Å². The van der Waals surface area contributed by atoms with E-state index in [4.69, 9.17) is 4.74 Å². The summed E-state index contributed by atoms with van der Waals surface area (Å²) in [5.41, 5.74) is 4.82. The van der Waals surface area contributed by atoms with Gasteiger partial charge in [0, 0.05) is 11.3 Å². The second-order valence-electron chi connectivity index (χ2n) is 8.10. The number of hydrogen-bond donors (Lipinski definition) is 1. The van der Waals surface area contributed by atoms with E-state index in [1.54, 1.807) is 31.4 Å². The number of nitrogens with zero attached hydrogens (tertiary/aromatic N) is 1. The van der Waals surface area contributed by atoms with Crippen LogP contribution in [0.2, 0.25) is 0 Å². The first-order chi connectivity index (χ1) is 15.3. The van der Waals surface area contributed by atoms with Gasteiger partial charge in [0.2, 0.25) is 0 Å². The Balaban J connectivity index is 1.97. The number of ether oxygens (including phenoxy) is 1. The summed E-state index contributed by atoms with van der Waals surface area (Å²) in [5.74, 6) is -0.971. The monoisotopic (exact) mass is 427 g/mol. The molecule has 0 saturated carbocycles. The molecule has 162 valence electrons. The highest BCUT2D eigenvalue weighted by Gasteiger charge is 2.47. The van der Waals surface area contributed by atoms with Crippen LogP contribution >= 0.6 is 0 Å². The summed E-state index contributed by atoms with van der Waals surface area (Å²) in [7, 11) is 1.56. The van der Waals surface area contributed by atoms with Crippen molar-refractivity contribution in [3.8, 4) is 5.75 Å². The minimum Gasteiger partial charge on any atom is -0.507 e. The maximum absolute atomic E-state index is 13.3. The van der Waals surface area contributed by atoms with Crippen molar-refractivity contribution in [3.05, 3.63) is 100 Å². The predicted molar refractivity (Wildman–Crippen MR) is 125 cm³/mol. The van der Waals surface area contributed by atoms with Crippen LogP contribution in [0.3, 0.4) is 0 Å². The highest BCUT2D eigenvalue weighted by molar-refractivity contribution is 6.51. The minimum absolute atomic E-state index is 0.0621. The van der Waals surface area contributed by atoms with E-state index in [2.05, 4.69) is 0 Å². The lowest BCUT2D eigenvalue weighted by molar-refractivity contribution is -0.132. The lowest BCUT2D eigenvalue weighted by Crippen LogP contribution is -2.30. The van der Waals surface area contributed by atoms with Gasteiger partial charge in [0.25, 0.3) is 11.7 Å². The van der Waals surface area contributed by atoms with Crippen LogP contribution in [0.5, 0.6) is 5.75 Å². The molecule has 32 heavy (non-hydrogen) atoms. The molecule has 1 aliphatic rings. The molecule has 5 nitrogen and oxygen atoms in total. The topological polar surface area (TPSA) is 66.8 Å². The number of ketones is 1. The number of hydrogen-bond acceptors (Lipinski definition) is 4. The molecule has 3 aromatic rings. The molecule has 0 aliphatic carbocycles. The number of aliphatic hydroxyl groups excluding tert-OH is 1. The highest BCUT2D eigenvalue weighted by Crippen LogP contribution is 2.43. The zero-order valence-electron chi connectivity index (χ0n) is 18.5. The molecule has 1 heterocycles. The highest BCUT2D eigenvalue weighted by atomic mass is 16.5. The van der Waals surface area contributed by atoms with Crippen LogP contribution < -0.4 is 9.64 Å². The SMILES string of the molecule is COc1cccc(C2/C(=C(\O)c3ccc(C)cc3)C(=O)C(=O)N2c2ccc(C)cc2C)c1. The fourth-order valence-electron chi connectivity index (χ4n) is 4.15. The first-order valence-corrected chi connectivity index (χ1v) is 10.4. The normalized spacial score (nSPS) is 17.6. The Kier molecular flexibility index (Phi) is 5.57. The number of Topliss-reactive ketones (excluding diaryl/α,β-unsaturated/α-hetero) is 1. The fraction of sp³-hybridized carbons (Fsp3) is 0.185. The average molecular weight is 428 g/mol. The van der Waals surface area contributed by atoms with Gasteiger partial charge in [0.15, 0.2) is 0 Å². The Morgan fingerprint density at radius 1 is 0.906 bits per heavy atom. The smallest absolute Gasteiger partial charge is 0.300 e. The van der Waals surface area contributed by atoms with Crippen LogP contribution in [0.15, 0.2) is 72.3 Å². The molecule has 4 rings (SSSR count). The van der Waals surface area contributed by atoms with E-state index in [1.807, 2.05) is 63.2 Å². The predicted octanol–water partition coefficient (Wildman–Crippen LogP) is 5.25. The molecule has 5 heteroatoms. The number of aryl methyl sites for hydroxylation is 3. The van der Waals surface area contributed by atoms with Crippen molar-refractivity contribution in [1.29, 1.82) is 0 Å². The second-order valence-corrected chi connectivity index (χ2v) is 8.10. The summed E-state index contributed by atoms with van der Waals surface area (Å²) in [5, 5.41) is 11.2. The van der Waals surface area contributed by atoms with Gasteiger partial charge in [-0.15, -0.1) is 0 Å². The summed E-state index contributed by atoms with van der Waals surface area (Å²) in [6.07, 6.45) is 0. The van der Waals surface area contributed by atoms with Crippen LogP contribution in [0.25, 0.3) is 5.76 Å². The third-order valence-corrected chi connectivity index (χ3v) is 5.79. The fourth-order valence-corrected chi connectivity index (χ4v) is 4.15. The number of carbonyl (C=O) groups is 2. The number of anilines is 1. The standard InChI is InChI=1S/C27H25NO4/c1-16-8-11-19(12-9-16)25(29)23-24(20-6-5-7-21(15-20)32-4)28(27(31)26(23)30)22-13-10-17(2)14-18(22)3/h5-15,24,29H,1-4H3/b25-23+. The second kappa shape index (κ2) is 8.35. The zero-order chi connectivity index (χ0) is 23.0. The Morgan fingerprint density at radius 3 is 2.25 bits per heavy atom. The van der Waals surface area contributed by atoms with Gasteiger partial charge in [-0.05, 0) is 50.1 Å². The Bertz CT molecular complexity index is 1240. The maximum Gasteiger partial charge on any atom is 0.300 e. The van der Waals surface area contributed by atoms with E-state index in [1.165, 1.54) is 4.90 Å². The Hall–Kier alpha value is -3.86. The Morgan fingerprint density at radius 2 is 1.59 bits per heavy atom. The van der Waals surface area contributed by atoms with Crippen molar-refractivity contribution in [2.24, 2.45) is 0 Å². The molecule has 0 aromatic heterocycles. The molecule has 1 N–H and O–H groups in total. The van der Waals surface area contributed by atoms with Gasteiger partial charge in [-0.2, -0.15) is 0 Å². The molecule has 0 bridgehead atoms. The van der Waals surface area contributed by atoms with Crippen LogP contribution in [0.4, 0.5) is 5.69 Å². The van der Waals surface area contributed by atoms with Crippen LogP contribution in [-0.2, 0) is 9.59 Å². The van der Waals surface area contributed by atoms with Gasteiger partial charge in [0.1, 0.15) is 11.5 Å². The van der Waals surface area contributed by atoms with E-state index < -0.39 is 17.7 Å². The Labute approximate surface area is 187 Å². The molecular formula is C27H25NO4. The zero-order valence-corrected chi connectivity index (χ0v) is 18.5. The van der Waals surface area contributed by atoms with Gasteiger partial charge in [-0.25, -0.2) is 0 Å². The molecule has 1 unspecified atom stereocenters. The first kappa shape index (κ1) is 21.4. The molecular weight excluding hydrogens is 402 g/mol. The number of methoxy groups -OCH3 is 1. The van der Waals surface area contributed by atoms with Gasteiger partial charge in [0.05, 0.1) is 18.7 Å². The summed E-state index contributed by atoms with van der Waals surface area (Å²) < 4.78 is 5.38. The number of rotatable bonds is 4. The summed E-state index contributed by atoms with van der Waals surface area (Å²) in [4.78, 5) is 28.0. The molecule has 3 aromatic carbocycles. The van der Waals surface area contributed by atoms with E-state index in [-0.39, 0.29) is 11.3 Å². The lowest BCUT2D eigenvalue weighted by atomic mass is 9.94. The molecule has 1 atom stereocenters. The van der Waals surface area contributed by atoms with Crippen molar-refractivity contribution in [1.82, 2.24) is 0 Å². The van der Waals surface area contributed by atoms with E-state index >= 15 is 0 Å². The number of aliphatic hydroxyl groups is 1. The molecule has 0 spiro atoms. The third-order valence-electron chi connectivity index (χ3n) is 5.79. The summed E-state index contributed by atoms with van der Waals surface area (Å²) in [6.45, 7) is 5.82. The van der Waals surface area contributed by atoms with Gasteiger partial charge >= 0.3 is 0 Å². The summed E-state index contributed by atoms with van der Waals surface area (Å²) in [6, 6.07) is 19.4. The molecule has 1 aliphatic heterocycles. The first-order valence-electron chi connectivity index (χ1n) is 10.4. The minimum atomic E-state index is -0.784. The van der Waals surface area contributed by atoms with Crippen molar-refractivity contribution in [2.45, 2.75) is 26.8 Å². The average Bonchev–Trinajstić information content (AvgIpc) is 3.04. The van der Waals surface area contributed by atoms with Gasteiger partial charge in [-0.1, -0.05) is 59.7 Å². The lowest BCUT2D eigenvalue weighted by Gasteiger charge is -2.27. The van der Waals surface area contributed by atoms with Crippen LogP contribution in [0.1, 0.15) is 33.9 Å². The number of benzene rings is 3. The van der Waals surface area contributed by atoms with Crippen molar-refractivity contribution in [2.75, 3.05) is 12.0 Å².